The van der Waals surface area contributed by atoms with E-state index >= 15 is 0 Å². The van der Waals surface area contributed by atoms with E-state index in [0.29, 0.717) is 19.8 Å². The molecule has 0 aliphatic carbocycles. The first-order valence-electron chi connectivity index (χ1n) is 9.79. The van der Waals surface area contributed by atoms with Gasteiger partial charge in [-0.3, -0.25) is 4.99 Å². The van der Waals surface area contributed by atoms with E-state index in [1.54, 1.807) is 0 Å². The second-order valence-electron chi connectivity index (χ2n) is 6.18. The summed E-state index contributed by atoms with van der Waals surface area (Å²) in [6.07, 6.45) is 3.40. The summed E-state index contributed by atoms with van der Waals surface area (Å²) in [5, 5.41) is 6.68. The molecular weight excluding hydrogens is 330 g/mol. The molecule has 0 spiro atoms. The Bertz CT molecular complexity index is 557. The third-order valence-corrected chi connectivity index (χ3v) is 4.14. The molecule has 26 heavy (non-hydrogen) atoms. The van der Waals surface area contributed by atoms with E-state index in [1.807, 2.05) is 19.9 Å². The highest BCUT2D eigenvalue weighted by atomic mass is 16.5. The standard InChI is InChI=1S/C20H33N3O3/c1-4-21-20(23-15-17-8-7-13-26-17)22-12-11-16-9-10-18(24-5-2)19(14-16)25-6-3/h9-10,14,17H,4-8,11-13,15H2,1-3H3,(H2,21,22,23). The van der Waals surface area contributed by atoms with Crippen molar-refractivity contribution < 1.29 is 14.2 Å². The number of hydrogen-bond acceptors (Lipinski definition) is 4. The fourth-order valence-electron chi connectivity index (χ4n) is 2.90. The fourth-order valence-corrected chi connectivity index (χ4v) is 2.90. The quantitative estimate of drug-likeness (QED) is 0.494. The molecule has 1 aliphatic heterocycles. The molecule has 0 amide bonds. The molecule has 1 unspecified atom stereocenters. The van der Waals surface area contributed by atoms with Gasteiger partial charge in [0.05, 0.1) is 25.9 Å². The maximum Gasteiger partial charge on any atom is 0.191 e. The molecule has 1 aromatic rings. The van der Waals surface area contributed by atoms with Crippen molar-refractivity contribution in [2.45, 2.75) is 46.1 Å². The average molecular weight is 364 g/mol. The van der Waals surface area contributed by atoms with Crippen LogP contribution in [0.1, 0.15) is 39.2 Å². The van der Waals surface area contributed by atoms with Crippen molar-refractivity contribution in [1.29, 1.82) is 0 Å². The van der Waals surface area contributed by atoms with Gasteiger partial charge in [0.25, 0.3) is 0 Å². The molecule has 1 heterocycles. The van der Waals surface area contributed by atoms with Crippen LogP contribution in [0, 0.1) is 0 Å². The van der Waals surface area contributed by atoms with Crippen LogP contribution in [0.3, 0.4) is 0 Å². The van der Waals surface area contributed by atoms with E-state index in [-0.39, 0.29) is 6.10 Å². The molecular formula is C20H33N3O3. The summed E-state index contributed by atoms with van der Waals surface area (Å²) < 4.78 is 16.9. The molecule has 2 rings (SSSR count). The summed E-state index contributed by atoms with van der Waals surface area (Å²) in [5.74, 6) is 2.46. The SMILES string of the molecule is CCNC(=NCC1CCCO1)NCCc1ccc(OCC)c(OCC)c1. The number of aliphatic imine (C=N–C) groups is 1. The number of ether oxygens (including phenoxy) is 3. The zero-order chi connectivity index (χ0) is 18.6. The average Bonchev–Trinajstić information content (AvgIpc) is 3.16. The van der Waals surface area contributed by atoms with Crippen LogP contribution in [0.25, 0.3) is 0 Å². The van der Waals surface area contributed by atoms with Crippen LogP contribution in [0.4, 0.5) is 0 Å². The van der Waals surface area contributed by atoms with Crippen LogP contribution in [0.2, 0.25) is 0 Å². The first-order chi connectivity index (χ1) is 12.8. The molecule has 0 bridgehead atoms. The second-order valence-corrected chi connectivity index (χ2v) is 6.18. The minimum absolute atomic E-state index is 0.269. The summed E-state index contributed by atoms with van der Waals surface area (Å²) in [6, 6.07) is 6.14. The lowest BCUT2D eigenvalue weighted by molar-refractivity contribution is 0.117. The summed E-state index contributed by atoms with van der Waals surface area (Å²) in [5.41, 5.74) is 1.21. The van der Waals surface area contributed by atoms with Gasteiger partial charge in [-0.1, -0.05) is 6.07 Å². The van der Waals surface area contributed by atoms with Crippen molar-refractivity contribution in [3.05, 3.63) is 23.8 Å². The third kappa shape index (κ3) is 6.75. The minimum Gasteiger partial charge on any atom is -0.490 e. The van der Waals surface area contributed by atoms with Gasteiger partial charge in [-0.05, 0) is 57.7 Å². The van der Waals surface area contributed by atoms with Gasteiger partial charge in [-0.25, -0.2) is 0 Å². The van der Waals surface area contributed by atoms with Crippen molar-refractivity contribution in [3.63, 3.8) is 0 Å². The molecule has 0 radical (unpaired) electrons. The summed E-state index contributed by atoms with van der Waals surface area (Å²) in [6.45, 7) is 10.5. The Morgan fingerprint density at radius 2 is 1.96 bits per heavy atom. The Morgan fingerprint density at radius 1 is 1.15 bits per heavy atom. The van der Waals surface area contributed by atoms with Crippen LogP contribution >= 0.6 is 0 Å². The van der Waals surface area contributed by atoms with Crippen LogP contribution in [0.15, 0.2) is 23.2 Å². The van der Waals surface area contributed by atoms with Crippen LogP contribution in [-0.4, -0.2) is 51.5 Å². The lowest BCUT2D eigenvalue weighted by atomic mass is 10.1. The predicted molar refractivity (Wildman–Crippen MR) is 105 cm³/mol. The van der Waals surface area contributed by atoms with Gasteiger partial charge < -0.3 is 24.8 Å². The van der Waals surface area contributed by atoms with Gasteiger partial charge in [0.15, 0.2) is 17.5 Å². The van der Waals surface area contributed by atoms with E-state index in [4.69, 9.17) is 14.2 Å². The Morgan fingerprint density at radius 3 is 2.65 bits per heavy atom. The number of rotatable bonds is 10. The molecule has 1 fully saturated rings. The number of nitrogens with zero attached hydrogens (tertiary/aromatic N) is 1. The van der Waals surface area contributed by atoms with Crippen molar-refractivity contribution in [2.24, 2.45) is 4.99 Å². The zero-order valence-electron chi connectivity index (χ0n) is 16.3. The molecule has 1 atom stereocenters. The molecule has 6 heteroatoms. The summed E-state index contributed by atoms with van der Waals surface area (Å²) in [4.78, 5) is 4.64. The molecule has 0 saturated carbocycles. The first kappa shape index (κ1) is 20.4. The maximum absolute atomic E-state index is 5.70. The van der Waals surface area contributed by atoms with E-state index in [1.165, 1.54) is 5.56 Å². The van der Waals surface area contributed by atoms with Crippen molar-refractivity contribution >= 4 is 5.96 Å². The molecule has 6 nitrogen and oxygen atoms in total. The smallest absolute Gasteiger partial charge is 0.191 e. The highest BCUT2D eigenvalue weighted by Gasteiger charge is 2.14. The fraction of sp³-hybridized carbons (Fsp3) is 0.650. The van der Waals surface area contributed by atoms with Crippen molar-refractivity contribution in [1.82, 2.24) is 10.6 Å². The molecule has 0 aromatic heterocycles. The Balaban J connectivity index is 1.87. The van der Waals surface area contributed by atoms with Gasteiger partial charge in [-0.15, -0.1) is 0 Å². The maximum atomic E-state index is 5.70. The molecule has 1 aromatic carbocycles. The number of hydrogen-bond donors (Lipinski definition) is 2. The van der Waals surface area contributed by atoms with Crippen molar-refractivity contribution in [2.75, 3.05) is 39.5 Å². The predicted octanol–water partition coefficient (Wildman–Crippen LogP) is 2.76. The molecule has 146 valence electrons. The first-order valence-corrected chi connectivity index (χ1v) is 9.79. The van der Waals surface area contributed by atoms with Crippen LogP contribution in [-0.2, 0) is 11.2 Å². The van der Waals surface area contributed by atoms with E-state index in [2.05, 4.69) is 34.7 Å². The van der Waals surface area contributed by atoms with Crippen molar-refractivity contribution in [3.8, 4) is 11.5 Å². The summed E-state index contributed by atoms with van der Waals surface area (Å²) >= 11 is 0. The van der Waals surface area contributed by atoms with Gasteiger partial charge in [-0.2, -0.15) is 0 Å². The number of benzene rings is 1. The zero-order valence-corrected chi connectivity index (χ0v) is 16.3. The van der Waals surface area contributed by atoms with E-state index in [0.717, 1.165) is 56.4 Å². The lowest BCUT2D eigenvalue weighted by Crippen LogP contribution is -2.38. The lowest BCUT2D eigenvalue weighted by Gasteiger charge is -2.14. The normalized spacial score (nSPS) is 17.2. The Kier molecular flexibility index (Phi) is 9.10. The molecule has 2 N–H and O–H groups in total. The topological polar surface area (TPSA) is 64.1 Å². The highest BCUT2D eigenvalue weighted by Crippen LogP contribution is 2.28. The summed E-state index contributed by atoms with van der Waals surface area (Å²) in [7, 11) is 0. The second kappa shape index (κ2) is 11.6. The van der Waals surface area contributed by atoms with Gasteiger partial charge in [0, 0.05) is 19.7 Å². The van der Waals surface area contributed by atoms with Gasteiger partial charge in [0.1, 0.15) is 0 Å². The van der Waals surface area contributed by atoms with Crippen LogP contribution < -0.4 is 20.1 Å². The number of nitrogens with one attached hydrogen (secondary N) is 2. The molecule has 1 saturated heterocycles. The minimum atomic E-state index is 0.269. The van der Waals surface area contributed by atoms with E-state index in [9.17, 15) is 0 Å². The van der Waals surface area contributed by atoms with Gasteiger partial charge in [0.2, 0.25) is 0 Å². The highest BCUT2D eigenvalue weighted by molar-refractivity contribution is 5.79. The van der Waals surface area contributed by atoms with E-state index < -0.39 is 0 Å². The Hall–Kier alpha value is -1.95. The third-order valence-electron chi connectivity index (χ3n) is 4.14. The van der Waals surface area contributed by atoms with Crippen LogP contribution in [0.5, 0.6) is 11.5 Å². The Labute approximate surface area is 157 Å². The molecule has 1 aliphatic rings. The largest absolute Gasteiger partial charge is 0.490 e. The monoisotopic (exact) mass is 363 g/mol. The van der Waals surface area contributed by atoms with Gasteiger partial charge >= 0.3 is 0 Å². The number of guanidine groups is 1.